The largest absolute Gasteiger partial charge is 0.466 e. The first-order valence-electron chi connectivity index (χ1n) is 4.18. The van der Waals surface area contributed by atoms with Gasteiger partial charge in [-0.1, -0.05) is 0 Å². The van der Waals surface area contributed by atoms with Crippen molar-refractivity contribution in [1.29, 1.82) is 0 Å². The minimum atomic E-state index is -0.527. The molecule has 0 saturated carbocycles. The highest BCUT2D eigenvalue weighted by molar-refractivity contribution is 6.05. The van der Waals surface area contributed by atoms with Crippen molar-refractivity contribution in [2.24, 2.45) is 0 Å². The van der Waals surface area contributed by atoms with E-state index in [2.05, 4.69) is 14.7 Å². The molecule has 0 aliphatic heterocycles. The van der Waals surface area contributed by atoms with Crippen molar-refractivity contribution in [2.75, 3.05) is 6.61 Å². The number of rotatable bonds is 4. The Kier molecular flexibility index (Phi) is 3.72. The molecule has 1 heterocycles. The average molecular weight is 194 g/mol. The molecule has 1 aromatic heterocycles. The van der Waals surface area contributed by atoms with Gasteiger partial charge in [-0.15, -0.1) is 0 Å². The second-order valence-electron chi connectivity index (χ2n) is 2.53. The maximum atomic E-state index is 11.3. The first kappa shape index (κ1) is 10.3. The highest BCUT2D eigenvalue weighted by Gasteiger charge is 2.12. The zero-order valence-electron chi connectivity index (χ0n) is 7.77. The fourth-order valence-corrected chi connectivity index (χ4v) is 0.888. The molecule has 0 saturated heterocycles. The standard InChI is InChI=1S/C9H10N2O3/c1-2-14-9(13)3-8(12)7-4-10-6-11-5-7/h4-6H,2-3H2,1H3. The van der Waals surface area contributed by atoms with Gasteiger partial charge in [-0.2, -0.15) is 0 Å². The maximum absolute atomic E-state index is 11.3. The summed E-state index contributed by atoms with van der Waals surface area (Å²) in [5.41, 5.74) is 0.320. The number of esters is 1. The van der Waals surface area contributed by atoms with E-state index in [1.165, 1.54) is 18.7 Å². The van der Waals surface area contributed by atoms with Crippen LogP contribution in [0, 0.1) is 0 Å². The Morgan fingerprint density at radius 2 is 2.00 bits per heavy atom. The van der Waals surface area contributed by atoms with Gasteiger partial charge in [0.25, 0.3) is 0 Å². The molecule has 0 aromatic carbocycles. The third-order valence-electron chi connectivity index (χ3n) is 1.49. The molecule has 0 aliphatic rings. The number of hydrogen-bond acceptors (Lipinski definition) is 5. The fourth-order valence-electron chi connectivity index (χ4n) is 0.888. The van der Waals surface area contributed by atoms with Crippen molar-refractivity contribution in [3.05, 3.63) is 24.3 Å². The molecule has 14 heavy (non-hydrogen) atoms. The normalized spacial score (nSPS) is 9.50. The van der Waals surface area contributed by atoms with Crippen LogP contribution < -0.4 is 0 Å². The van der Waals surface area contributed by atoms with Gasteiger partial charge in [0, 0.05) is 12.4 Å². The summed E-state index contributed by atoms with van der Waals surface area (Å²) in [7, 11) is 0. The number of hydrogen-bond donors (Lipinski definition) is 0. The van der Waals surface area contributed by atoms with Crippen molar-refractivity contribution >= 4 is 11.8 Å². The number of carbonyl (C=O) groups is 2. The van der Waals surface area contributed by atoms with E-state index in [0.717, 1.165) is 0 Å². The SMILES string of the molecule is CCOC(=O)CC(=O)c1cncnc1. The minimum absolute atomic E-state index is 0.263. The lowest BCUT2D eigenvalue weighted by Gasteiger charge is -2.00. The first-order valence-corrected chi connectivity index (χ1v) is 4.18. The monoisotopic (exact) mass is 194 g/mol. The lowest BCUT2D eigenvalue weighted by molar-refractivity contribution is -0.141. The van der Waals surface area contributed by atoms with Gasteiger partial charge in [0.2, 0.25) is 0 Å². The number of aromatic nitrogens is 2. The summed E-state index contributed by atoms with van der Waals surface area (Å²) in [6, 6.07) is 0. The number of nitrogens with zero attached hydrogens (tertiary/aromatic N) is 2. The molecule has 1 aromatic rings. The predicted molar refractivity (Wildman–Crippen MR) is 47.6 cm³/mol. The van der Waals surface area contributed by atoms with Gasteiger partial charge in [0.15, 0.2) is 5.78 Å². The van der Waals surface area contributed by atoms with Gasteiger partial charge < -0.3 is 4.74 Å². The molecule has 0 fully saturated rings. The van der Waals surface area contributed by atoms with E-state index in [4.69, 9.17) is 0 Å². The molecular formula is C9H10N2O3. The highest BCUT2D eigenvalue weighted by Crippen LogP contribution is 2.00. The van der Waals surface area contributed by atoms with Crippen LogP contribution >= 0.6 is 0 Å². The zero-order valence-corrected chi connectivity index (χ0v) is 7.77. The number of ketones is 1. The van der Waals surface area contributed by atoms with Crippen LogP contribution in [-0.2, 0) is 9.53 Å². The van der Waals surface area contributed by atoms with Crippen LogP contribution in [0.2, 0.25) is 0 Å². The topological polar surface area (TPSA) is 69.2 Å². The van der Waals surface area contributed by atoms with Crippen LogP contribution in [-0.4, -0.2) is 28.3 Å². The molecule has 0 bridgehead atoms. The van der Waals surface area contributed by atoms with E-state index >= 15 is 0 Å². The van der Waals surface area contributed by atoms with E-state index < -0.39 is 5.97 Å². The Morgan fingerprint density at radius 3 is 2.57 bits per heavy atom. The Labute approximate surface area is 81.1 Å². The molecule has 0 spiro atoms. The molecule has 5 nitrogen and oxygen atoms in total. The van der Waals surface area contributed by atoms with Crippen molar-refractivity contribution < 1.29 is 14.3 Å². The van der Waals surface area contributed by atoms with Crippen LogP contribution in [0.1, 0.15) is 23.7 Å². The van der Waals surface area contributed by atoms with Crippen LogP contribution in [0.3, 0.4) is 0 Å². The third kappa shape index (κ3) is 2.93. The molecule has 0 atom stereocenters. The van der Waals surface area contributed by atoms with Crippen molar-refractivity contribution in [2.45, 2.75) is 13.3 Å². The molecule has 1 rings (SSSR count). The first-order chi connectivity index (χ1) is 6.74. The van der Waals surface area contributed by atoms with Crippen LogP contribution in [0.25, 0.3) is 0 Å². The van der Waals surface area contributed by atoms with Gasteiger partial charge >= 0.3 is 5.97 Å². The van der Waals surface area contributed by atoms with Crippen LogP contribution in [0.15, 0.2) is 18.7 Å². The summed E-state index contributed by atoms with van der Waals surface area (Å²) in [5, 5.41) is 0. The number of ether oxygens (including phenoxy) is 1. The molecule has 74 valence electrons. The molecule has 0 N–H and O–H groups in total. The number of Topliss-reactive ketones (excluding diaryl/α,β-unsaturated/α-hetero) is 1. The Morgan fingerprint density at radius 1 is 1.36 bits per heavy atom. The van der Waals surface area contributed by atoms with E-state index in [-0.39, 0.29) is 18.8 Å². The van der Waals surface area contributed by atoms with Crippen molar-refractivity contribution in [3.63, 3.8) is 0 Å². The minimum Gasteiger partial charge on any atom is -0.466 e. The summed E-state index contributed by atoms with van der Waals surface area (Å²) < 4.78 is 4.63. The molecule has 5 heteroatoms. The average Bonchev–Trinajstić information content (AvgIpc) is 2.19. The van der Waals surface area contributed by atoms with Gasteiger partial charge in [-0.3, -0.25) is 9.59 Å². The van der Waals surface area contributed by atoms with Gasteiger partial charge in [-0.25, -0.2) is 9.97 Å². The summed E-state index contributed by atoms with van der Waals surface area (Å²) in [6.45, 7) is 1.96. The quantitative estimate of drug-likeness (QED) is 0.399. The summed E-state index contributed by atoms with van der Waals surface area (Å²) >= 11 is 0. The van der Waals surface area contributed by atoms with Gasteiger partial charge in [0.05, 0.1) is 12.2 Å². The van der Waals surface area contributed by atoms with Gasteiger partial charge in [-0.05, 0) is 6.92 Å². The maximum Gasteiger partial charge on any atom is 0.313 e. The van der Waals surface area contributed by atoms with E-state index in [1.807, 2.05) is 0 Å². The molecule has 0 amide bonds. The molecule has 0 radical (unpaired) electrons. The molecule has 0 aliphatic carbocycles. The Hall–Kier alpha value is -1.78. The summed E-state index contributed by atoms with van der Waals surface area (Å²) in [6.07, 6.45) is 3.80. The zero-order chi connectivity index (χ0) is 10.4. The van der Waals surface area contributed by atoms with E-state index in [1.54, 1.807) is 6.92 Å². The Bertz CT molecular complexity index is 324. The predicted octanol–water partition coefficient (Wildman–Crippen LogP) is 0.613. The fraction of sp³-hybridized carbons (Fsp3) is 0.333. The van der Waals surface area contributed by atoms with E-state index in [0.29, 0.717) is 5.56 Å². The summed E-state index contributed by atoms with van der Waals surface area (Å²) in [4.78, 5) is 29.6. The van der Waals surface area contributed by atoms with Crippen molar-refractivity contribution in [1.82, 2.24) is 9.97 Å². The van der Waals surface area contributed by atoms with Crippen LogP contribution in [0.4, 0.5) is 0 Å². The van der Waals surface area contributed by atoms with Gasteiger partial charge in [0.1, 0.15) is 12.7 Å². The lowest BCUT2D eigenvalue weighted by atomic mass is 10.2. The highest BCUT2D eigenvalue weighted by atomic mass is 16.5. The van der Waals surface area contributed by atoms with Crippen molar-refractivity contribution in [3.8, 4) is 0 Å². The summed E-state index contributed by atoms with van der Waals surface area (Å²) in [5.74, 6) is -0.856. The lowest BCUT2D eigenvalue weighted by Crippen LogP contribution is -2.11. The second kappa shape index (κ2) is 5.06. The van der Waals surface area contributed by atoms with E-state index in [9.17, 15) is 9.59 Å². The number of carbonyl (C=O) groups excluding carboxylic acids is 2. The third-order valence-corrected chi connectivity index (χ3v) is 1.49. The smallest absolute Gasteiger partial charge is 0.313 e. The second-order valence-corrected chi connectivity index (χ2v) is 2.53. The molecule has 0 unspecified atom stereocenters. The van der Waals surface area contributed by atoms with Crippen LogP contribution in [0.5, 0.6) is 0 Å². The Balaban J connectivity index is 2.55. The molecular weight excluding hydrogens is 184 g/mol.